The molecule has 0 saturated carbocycles. The molecular weight excluding hydrogens is 238 g/mol. The number of rotatable bonds is 2. The largest absolute Gasteiger partial charge is 0.481 e. The van der Waals surface area contributed by atoms with Crippen molar-refractivity contribution in [2.45, 2.75) is 40.0 Å². The highest BCUT2D eigenvalue weighted by molar-refractivity contribution is 5.86. The monoisotopic (exact) mass is 257 g/mol. The van der Waals surface area contributed by atoms with Gasteiger partial charge in [-0.15, -0.1) is 0 Å². The minimum absolute atomic E-state index is 0.640. The lowest BCUT2D eigenvalue weighted by molar-refractivity contribution is -0.142. The Morgan fingerprint density at radius 3 is 2.37 bits per heavy atom. The summed E-state index contributed by atoms with van der Waals surface area (Å²) >= 11 is 0. The molecule has 1 aromatic carbocycles. The maximum Gasteiger partial charge on any atom is 0.315 e. The van der Waals surface area contributed by atoms with E-state index in [0.29, 0.717) is 5.69 Å². The van der Waals surface area contributed by atoms with E-state index in [-0.39, 0.29) is 0 Å². The van der Waals surface area contributed by atoms with Crippen LogP contribution in [0.3, 0.4) is 0 Å². The van der Waals surface area contributed by atoms with Crippen LogP contribution in [-0.2, 0) is 10.2 Å². The number of fused-ring (bicyclic) bond motifs is 1. The summed E-state index contributed by atoms with van der Waals surface area (Å²) in [6.07, 6.45) is 0. The normalized spacial score (nSPS) is 11.8. The molecule has 0 aliphatic heterocycles. The Hall–Kier alpha value is -1.90. The second-order valence-corrected chi connectivity index (χ2v) is 5.66. The highest BCUT2D eigenvalue weighted by Gasteiger charge is 2.32. The number of carboxylic acids is 1. The van der Waals surface area contributed by atoms with E-state index in [2.05, 4.69) is 11.1 Å². The van der Waals surface area contributed by atoms with Crippen LogP contribution in [0.15, 0.2) is 18.2 Å². The van der Waals surface area contributed by atoms with Crippen molar-refractivity contribution in [3.8, 4) is 0 Å². The Kier molecular flexibility index (Phi) is 3.09. The van der Waals surface area contributed by atoms with Crippen LogP contribution in [0, 0.1) is 20.8 Å². The van der Waals surface area contributed by atoms with Crippen LogP contribution < -0.4 is 0 Å². The fourth-order valence-electron chi connectivity index (χ4n) is 2.32. The molecule has 1 heterocycles. The van der Waals surface area contributed by atoms with Crippen molar-refractivity contribution in [1.82, 2.24) is 4.98 Å². The lowest BCUT2D eigenvalue weighted by Gasteiger charge is -2.22. The Morgan fingerprint density at radius 1 is 1.16 bits per heavy atom. The first-order valence-corrected chi connectivity index (χ1v) is 6.36. The number of aliphatic carboxylic acids is 1. The minimum atomic E-state index is -0.978. The molecule has 0 aliphatic carbocycles. The van der Waals surface area contributed by atoms with Gasteiger partial charge in [-0.1, -0.05) is 12.1 Å². The smallest absolute Gasteiger partial charge is 0.315 e. The van der Waals surface area contributed by atoms with Gasteiger partial charge in [0.25, 0.3) is 0 Å². The zero-order valence-electron chi connectivity index (χ0n) is 12.0. The maximum atomic E-state index is 11.4. The van der Waals surface area contributed by atoms with Gasteiger partial charge >= 0.3 is 5.97 Å². The topological polar surface area (TPSA) is 50.2 Å². The Morgan fingerprint density at radius 2 is 1.79 bits per heavy atom. The minimum Gasteiger partial charge on any atom is -0.481 e. The molecule has 0 saturated heterocycles. The van der Waals surface area contributed by atoms with E-state index < -0.39 is 11.4 Å². The maximum absolute atomic E-state index is 11.4. The van der Waals surface area contributed by atoms with Crippen LogP contribution in [0.2, 0.25) is 0 Å². The van der Waals surface area contributed by atoms with Gasteiger partial charge in [-0.25, -0.2) is 0 Å². The number of aryl methyl sites for hydroxylation is 3. The molecule has 0 amide bonds. The lowest BCUT2D eigenvalue weighted by Crippen LogP contribution is -2.30. The summed E-state index contributed by atoms with van der Waals surface area (Å²) in [5, 5.41) is 10.4. The van der Waals surface area contributed by atoms with Gasteiger partial charge in [-0.05, 0) is 57.4 Å². The number of pyridine rings is 1. The Labute approximate surface area is 113 Å². The summed E-state index contributed by atoms with van der Waals surface area (Å²) in [7, 11) is 0. The molecule has 3 nitrogen and oxygen atoms in total. The van der Waals surface area contributed by atoms with Crippen LogP contribution in [-0.4, -0.2) is 16.1 Å². The summed E-state index contributed by atoms with van der Waals surface area (Å²) in [6, 6.07) is 6.13. The van der Waals surface area contributed by atoms with Crippen LogP contribution >= 0.6 is 0 Å². The highest BCUT2D eigenvalue weighted by atomic mass is 16.4. The third-order valence-corrected chi connectivity index (χ3v) is 3.83. The van der Waals surface area contributed by atoms with Crippen LogP contribution in [0.5, 0.6) is 0 Å². The molecule has 2 rings (SSSR count). The molecule has 0 atom stereocenters. The van der Waals surface area contributed by atoms with Crippen molar-refractivity contribution in [2.24, 2.45) is 0 Å². The zero-order valence-corrected chi connectivity index (χ0v) is 12.0. The van der Waals surface area contributed by atoms with Gasteiger partial charge in [0.05, 0.1) is 11.2 Å². The molecule has 1 N–H and O–H groups in total. The average Bonchev–Trinajstić information content (AvgIpc) is 2.33. The van der Waals surface area contributed by atoms with E-state index in [1.807, 2.05) is 32.9 Å². The fraction of sp³-hybridized carbons (Fsp3) is 0.375. The van der Waals surface area contributed by atoms with Crippen LogP contribution in [0.1, 0.15) is 36.2 Å². The molecule has 0 spiro atoms. The third kappa shape index (κ3) is 2.09. The third-order valence-electron chi connectivity index (χ3n) is 3.83. The molecule has 3 heteroatoms. The number of carbonyl (C=O) groups is 1. The highest BCUT2D eigenvalue weighted by Crippen LogP contribution is 2.29. The number of hydrogen-bond acceptors (Lipinski definition) is 2. The fourth-order valence-corrected chi connectivity index (χ4v) is 2.32. The summed E-state index contributed by atoms with van der Waals surface area (Å²) in [4.78, 5) is 16.1. The number of nitrogens with zero attached hydrogens (tertiary/aromatic N) is 1. The standard InChI is InChI=1S/C16H19NO2/c1-9-6-7-12-8-10(2)14(16(4,5)15(18)19)17-13(12)11(9)3/h6-8H,1-5H3,(H,18,19). The van der Waals surface area contributed by atoms with E-state index >= 15 is 0 Å². The van der Waals surface area contributed by atoms with Crippen LogP contribution in [0.25, 0.3) is 10.9 Å². The summed E-state index contributed by atoms with van der Waals surface area (Å²) < 4.78 is 0. The first-order valence-electron chi connectivity index (χ1n) is 6.36. The van der Waals surface area contributed by atoms with Gasteiger partial charge < -0.3 is 5.11 Å². The average molecular weight is 257 g/mol. The van der Waals surface area contributed by atoms with Gasteiger partial charge in [-0.2, -0.15) is 0 Å². The predicted octanol–water partition coefficient (Wildman–Crippen LogP) is 3.52. The lowest BCUT2D eigenvalue weighted by atomic mass is 9.85. The molecular formula is C16H19NO2. The molecule has 0 fully saturated rings. The molecule has 2 aromatic rings. The summed E-state index contributed by atoms with van der Waals surface area (Å²) in [5.74, 6) is -0.854. The van der Waals surface area contributed by atoms with Gasteiger partial charge in [0.1, 0.15) is 5.41 Å². The number of carboxylic acid groups (broad SMARTS) is 1. The molecule has 0 bridgehead atoms. The summed E-state index contributed by atoms with van der Waals surface area (Å²) in [6.45, 7) is 9.38. The van der Waals surface area contributed by atoms with Gasteiger partial charge in [0.2, 0.25) is 0 Å². The molecule has 100 valence electrons. The van der Waals surface area contributed by atoms with E-state index in [1.54, 1.807) is 13.8 Å². The van der Waals surface area contributed by atoms with Crippen molar-refractivity contribution in [3.63, 3.8) is 0 Å². The zero-order chi connectivity index (χ0) is 14.4. The van der Waals surface area contributed by atoms with E-state index in [0.717, 1.165) is 22.0 Å². The van der Waals surface area contributed by atoms with Crippen molar-refractivity contribution in [2.75, 3.05) is 0 Å². The Bertz CT molecular complexity index is 672. The van der Waals surface area contributed by atoms with Crippen molar-refractivity contribution >= 4 is 16.9 Å². The summed E-state index contributed by atoms with van der Waals surface area (Å²) in [5.41, 5.74) is 3.76. The van der Waals surface area contributed by atoms with Gasteiger partial charge in [0.15, 0.2) is 0 Å². The quantitative estimate of drug-likeness (QED) is 0.895. The molecule has 0 unspecified atom stereocenters. The molecule has 1 aromatic heterocycles. The van der Waals surface area contributed by atoms with Crippen molar-refractivity contribution < 1.29 is 9.90 Å². The second kappa shape index (κ2) is 4.34. The van der Waals surface area contributed by atoms with Gasteiger partial charge in [-0.3, -0.25) is 9.78 Å². The van der Waals surface area contributed by atoms with E-state index in [4.69, 9.17) is 0 Å². The first kappa shape index (κ1) is 13.5. The number of aromatic nitrogens is 1. The first-order chi connectivity index (χ1) is 8.75. The molecule has 0 radical (unpaired) electrons. The molecule has 0 aliphatic rings. The van der Waals surface area contributed by atoms with Crippen LogP contribution in [0.4, 0.5) is 0 Å². The van der Waals surface area contributed by atoms with Gasteiger partial charge in [0, 0.05) is 5.39 Å². The molecule has 19 heavy (non-hydrogen) atoms. The van der Waals surface area contributed by atoms with Crippen molar-refractivity contribution in [1.29, 1.82) is 0 Å². The van der Waals surface area contributed by atoms with Crippen molar-refractivity contribution in [3.05, 3.63) is 40.6 Å². The SMILES string of the molecule is Cc1cc2ccc(C)c(C)c2nc1C(C)(C)C(=O)O. The van der Waals surface area contributed by atoms with E-state index in [1.165, 1.54) is 5.56 Å². The number of hydrogen-bond donors (Lipinski definition) is 1. The predicted molar refractivity (Wildman–Crippen MR) is 76.6 cm³/mol. The Balaban J connectivity index is 2.81. The van der Waals surface area contributed by atoms with E-state index in [9.17, 15) is 9.90 Å². The number of benzene rings is 1. The second-order valence-electron chi connectivity index (χ2n) is 5.66.